The molecule has 1 heterocycles. The number of nitrogens with one attached hydrogen (secondary N) is 1. The quantitative estimate of drug-likeness (QED) is 0.801. The molecule has 4 nitrogen and oxygen atoms in total. The first kappa shape index (κ1) is 17.0. The Balaban J connectivity index is 1.86. The summed E-state index contributed by atoms with van der Waals surface area (Å²) in [6.45, 7) is 3.53. The highest BCUT2D eigenvalue weighted by atomic mass is 35.5. The van der Waals surface area contributed by atoms with E-state index in [4.69, 9.17) is 23.2 Å². The molecule has 21 heavy (non-hydrogen) atoms. The minimum Gasteiger partial charge on any atom is -0.303 e. The van der Waals surface area contributed by atoms with E-state index in [0.717, 1.165) is 26.1 Å². The van der Waals surface area contributed by atoms with Gasteiger partial charge in [0.25, 0.3) is 0 Å². The molecule has 0 saturated carbocycles. The average Bonchev–Trinajstić information content (AvgIpc) is 2.44. The number of rotatable bonds is 6. The van der Waals surface area contributed by atoms with Gasteiger partial charge in [-0.05, 0) is 51.0 Å². The number of halogens is 2. The molecule has 1 fully saturated rings. The zero-order valence-electron chi connectivity index (χ0n) is 11.8. The van der Waals surface area contributed by atoms with Crippen LogP contribution in [0.3, 0.4) is 0 Å². The van der Waals surface area contributed by atoms with Gasteiger partial charge in [0.1, 0.15) is 4.90 Å². The van der Waals surface area contributed by atoms with Gasteiger partial charge >= 0.3 is 0 Å². The molecule has 1 aliphatic rings. The van der Waals surface area contributed by atoms with E-state index in [1.165, 1.54) is 31.4 Å². The largest absolute Gasteiger partial charge is 0.303 e. The third kappa shape index (κ3) is 4.83. The van der Waals surface area contributed by atoms with E-state index in [0.29, 0.717) is 6.54 Å². The first-order chi connectivity index (χ1) is 10.0. The van der Waals surface area contributed by atoms with Gasteiger partial charge in [0.2, 0.25) is 10.0 Å². The van der Waals surface area contributed by atoms with E-state index < -0.39 is 10.0 Å². The first-order valence-corrected chi connectivity index (χ1v) is 9.40. The minimum atomic E-state index is -3.66. The Morgan fingerprint density at radius 3 is 2.33 bits per heavy atom. The van der Waals surface area contributed by atoms with Crippen molar-refractivity contribution >= 4 is 33.2 Å². The summed E-state index contributed by atoms with van der Waals surface area (Å²) in [6.07, 6.45) is 4.55. The normalized spacial score (nSPS) is 17.0. The van der Waals surface area contributed by atoms with Crippen molar-refractivity contribution in [1.82, 2.24) is 9.62 Å². The summed E-state index contributed by atoms with van der Waals surface area (Å²) >= 11 is 11.9. The van der Waals surface area contributed by atoms with Crippen molar-refractivity contribution in [2.24, 2.45) is 0 Å². The van der Waals surface area contributed by atoms with Crippen LogP contribution in [0.2, 0.25) is 10.0 Å². The number of sulfonamides is 1. The number of hydrogen-bond donors (Lipinski definition) is 1. The molecule has 1 aromatic rings. The summed E-state index contributed by atoms with van der Waals surface area (Å²) in [5.41, 5.74) is 0. The molecule has 0 aromatic heterocycles. The summed E-state index contributed by atoms with van der Waals surface area (Å²) in [4.78, 5) is 2.34. The van der Waals surface area contributed by atoms with E-state index in [1.54, 1.807) is 6.07 Å². The molecule has 7 heteroatoms. The zero-order valence-corrected chi connectivity index (χ0v) is 14.1. The Labute approximate surface area is 136 Å². The summed E-state index contributed by atoms with van der Waals surface area (Å²) in [5, 5.41) is 0.289. The van der Waals surface area contributed by atoms with Crippen molar-refractivity contribution in [3.05, 3.63) is 28.2 Å². The molecule has 118 valence electrons. The average molecular weight is 351 g/mol. The van der Waals surface area contributed by atoms with Crippen LogP contribution in [0.4, 0.5) is 0 Å². The monoisotopic (exact) mass is 350 g/mol. The topological polar surface area (TPSA) is 49.4 Å². The standard InChI is InChI=1S/C14H20Cl2N2O2S/c15-12-6-4-7-13(16)14(12)21(19,20)17-8-5-11-18-9-2-1-3-10-18/h4,6-7,17H,1-3,5,8-11H2. The highest BCUT2D eigenvalue weighted by molar-refractivity contribution is 7.89. The fourth-order valence-corrected chi connectivity index (χ4v) is 4.72. The Morgan fingerprint density at radius 2 is 1.71 bits per heavy atom. The van der Waals surface area contributed by atoms with Crippen LogP contribution in [0, 0.1) is 0 Å². The van der Waals surface area contributed by atoms with Crippen molar-refractivity contribution < 1.29 is 8.42 Å². The van der Waals surface area contributed by atoms with E-state index in [9.17, 15) is 8.42 Å². The predicted molar refractivity (Wildman–Crippen MR) is 86.6 cm³/mol. The summed E-state index contributed by atoms with van der Waals surface area (Å²) in [7, 11) is -3.66. The summed E-state index contributed by atoms with van der Waals surface area (Å²) in [5.74, 6) is 0. The Kier molecular flexibility index (Phi) is 6.32. The number of likely N-dealkylation sites (tertiary alicyclic amines) is 1. The van der Waals surface area contributed by atoms with Crippen molar-refractivity contribution in [2.45, 2.75) is 30.6 Å². The Bertz CT molecular complexity index is 552. The van der Waals surface area contributed by atoms with E-state index in [1.807, 2.05) is 0 Å². The predicted octanol–water partition coefficient (Wildman–Crippen LogP) is 3.15. The minimum absolute atomic E-state index is 0.0358. The van der Waals surface area contributed by atoms with Crippen LogP contribution < -0.4 is 4.72 Å². The molecule has 0 aliphatic carbocycles. The van der Waals surface area contributed by atoms with Gasteiger partial charge in [-0.15, -0.1) is 0 Å². The van der Waals surface area contributed by atoms with Gasteiger partial charge in [0.15, 0.2) is 0 Å². The van der Waals surface area contributed by atoms with Crippen LogP contribution in [-0.2, 0) is 10.0 Å². The van der Waals surface area contributed by atoms with Gasteiger partial charge in [-0.3, -0.25) is 0 Å². The van der Waals surface area contributed by atoms with Gasteiger partial charge in [-0.25, -0.2) is 13.1 Å². The van der Waals surface area contributed by atoms with Gasteiger partial charge in [-0.1, -0.05) is 35.7 Å². The van der Waals surface area contributed by atoms with Crippen molar-refractivity contribution in [1.29, 1.82) is 0 Å². The number of benzene rings is 1. The molecule has 0 spiro atoms. The fourth-order valence-electron chi connectivity index (χ4n) is 2.50. The van der Waals surface area contributed by atoms with E-state index in [2.05, 4.69) is 9.62 Å². The van der Waals surface area contributed by atoms with E-state index in [-0.39, 0.29) is 14.9 Å². The molecule has 0 bridgehead atoms. The smallest absolute Gasteiger partial charge is 0.243 e. The maximum absolute atomic E-state index is 12.2. The van der Waals surface area contributed by atoms with Gasteiger partial charge in [0, 0.05) is 6.54 Å². The molecule has 1 aliphatic heterocycles. The number of hydrogen-bond acceptors (Lipinski definition) is 3. The SMILES string of the molecule is O=S(=O)(NCCCN1CCCCC1)c1c(Cl)cccc1Cl. The number of piperidine rings is 1. The Hall–Kier alpha value is -0.330. The second kappa shape index (κ2) is 7.79. The lowest BCUT2D eigenvalue weighted by Crippen LogP contribution is -2.33. The first-order valence-electron chi connectivity index (χ1n) is 7.17. The van der Waals surface area contributed by atoms with Crippen LogP contribution in [0.1, 0.15) is 25.7 Å². The van der Waals surface area contributed by atoms with Gasteiger partial charge in [0.05, 0.1) is 10.0 Å². The molecule has 1 N–H and O–H groups in total. The Morgan fingerprint density at radius 1 is 1.10 bits per heavy atom. The van der Waals surface area contributed by atoms with Gasteiger partial charge in [-0.2, -0.15) is 0 Å². The molecular weight excluding hydrogens is 331 g/mol. The zero-order chi connectivity index (χ0) is 15.3. The van der Waals surface area contributed by atoms with Crippen LogP contribution >= 0.6 is 23.2 Å². The molecule has 0 unspecified atom stereocenters. The second-order valence-corrected chi connectivity index (χ2v) is 7.72. The van der Waals surface area contributed by atoms with E-state index >= 15 is 0 Å². The highest BCUT2D eigenvalue weighted by Gasteiger charge is 2.21. The maximum atomic E-state index is 12.2. The third-order valence-corrected chi connectivity index (χ3v) is 6.00. The highest BCUT2D eigenvalue weighted by Crippen LogP contribution is 2.28. The van der Waals surface area contributed by atoms with Crippen molar-refractivity contribution in [3.63, 3.8) is 0 Å². The van der Waals surface area contributed by atoms with Crippen molar-refractivity contribution in [3.8, 4) is 0 Å². The third-order valence-electron chi connectivity index (χ3n) is 3.58. The summed E-state index contributed by atoms with van der Waals surface area (Å²) < 4.78 is 27.0. The molecule has 1 saturated heterocycles. The molecule has 2 rings (SSSR count). The molecular formula is C14H20Cl2N2O2S. The van der Waals surface area contributed by atoms with Crippen molar-refractivity contribution in [2.75, 3.05) is 26.2 Å². The van der Waals surface area contributed by atoms with Crippen LogP contribution in [0.25, 0.3) is 0 Å². The lowest BCUT2D eigenvalue weighted by molar-refractivity contribution is 0.227. The second-order valence-electron chi connectivity index (χ2n) is 5.20. The molecule has 0 radical (unpaired) electrons. The van der Waals surface area contributed by atoms with Crippen LogP contribution in [-0.4, -0.2) is 39.5 Å². The number of nitrogens with zero attached hydrogens (tertiary/aromatic N) is 1. The maximum Gasteiger partial charge on any atom is 0.243 e. The lowest BCUT2D eigenvalue weighted by atomic mass is 10.1. The molecule has 0 atom stereocenters. The van der Waals surface area contributed by atoms with Crippen LogP contribution in [0.5, 0.6) is 0 Å². The summed E-state index contributed by atoms with van der Waals surface area (Å²) in [6, 6.07) is 4.67. The fraction of sp³-hybridized carbons (Fsp3) is 0.571. The lowest BCUT2D eigenvalue weighted by Gasteiger charge is -2.26. The van der Waals surface area contributed by atoms with Gasteiger partial charge < -0.3 is 4.90 Å². The van der Waals surface area contributed by atoms with Crippen LogP contribution in [0.15, 0.2) is 23.1 Å². The molecule has 1 aromatic carbocycles. The molecule has 0 amide bonds.